The molecule has 1 aliphatic carbocycles. The van der Waals surface area contributed by atoms with Crippen LogP contribution in [0.1, 0.15) is 52.7 Å². The van der Waals surface area contributed by atoms with Gasteiger partial charge in [-0.1, -0.05) is 36.4 Å². The van der Waals surface area contributed by atoms with Crippen molar-refractivity contribution in [3.8, 4) is 16.9 Å². The predicted molar refractivity (Wildman–Crippen MR) is 117 cm³/mol. The van der Waals surface area contributed by atoms with Crippen LogP contribution in [0.15, 0.2) is 42.5 Å². The van der Waals surface area contributed by atoms with Gasteiger partial charge >= 0.3 is 5.97 Å². The number of ether oxygens (including phenoxy) is 2. The molecule has 0 aliphatic heterocycles. The Balaban J connectivity index is 1.76. The molecule has 0 aromatic heterocycles. The van der Waals surface area contributed by atoms with Gasteiger partial charge in [-0.2, -0.15) is 0 Å². The fourth-order valence-corrected chi connectivity index (χ4v) is 3.34. The summed E-state index contributed by atoms with van der Waals surface area (Å²) in [6, 6.07) is 14.6. The third-order valence-electron chi connectivity index (χ3n) is 4.95. The van der Waals surface area contributed by atoms with Crippen molar-refractivity contribution in [2.75, 3.05) is 13.2 Å². The van der Waals surface area contributed by atoms with Crippen molar-refractivity contribution in [3.05, 3.63) is 53.6 Å². The summed E-state index contributed by atoms with van der Waals surface area (Å²) in [6.45, 7) is 12.7. The van der Waals surface area contributed by atoms with E-state index in [1.807, 2.05) is 32.9 Å². The van der Waals surface area contributed by atoms with Gasteiger partial charge in [-0.3, -0.25) is 4.79 Å². The van der Waals surface area contributed by atoms with E-state index in [1.165, 1.54) is 16.7 Å². The fourth-order valence-electron chi connectivity index (χ4n) is 3.34. The number of hydrogen-bond donors (Lipinski definition) is 1. The number of carbonyl (C=O) groups is 1. The second-order valence-corrected chi connectivity index (χ2v) is 9.84. The molecule has 0 saturated carbocycles. The van der Waals surface area contributed by atoms with Gasteiger partial charge in [-0.25, -0.2) is 0 Å². The summed E-state index contributed by atoms with van der Waals surface area (Å²) in [7, 11) is 0. The zero-order chi connectivity index (χ0) is 21.2. The molecule has 2 aromatic carbocycles. The average molecular weight is 396 g/mol. The molecule has 0 fully saturated rings. The van der Waals surface area contributed by atoms with Gasteiger partial charge in [0.2, 0.25) is 0 Å². The molecule has 0 spiro atoms. The van der Waals surface area contributed by atoms with Crippen molar-refractivity contribution in [2.24, 2.45) is 5.41 Å². The molecule has 0 bridgehead atoms. The average Bonchev–Trinajstić information content (AvgIpc) is 3.01. The van der Waals surface area contributed by atoms with Crippen LogP contribution in [0.5, 0.6) is 5.75 Å². The highest BCUT2D eigenvalue weighted by Crippen LogP contribution is 2.42. The van der Waals surface area contributed by atoms with Gasteiger partial charge in [-0.05, 0) is 70.7 Å². The van der Waals surface area contributed by atoms with E-state index < -0.39 is 5.41 Å². The van der Waals surface area contributed by atoms with Gasteiger partial charge in [0, 0.05) is 17.6 Å². The highest BCUT2D eigenvalue weighted by molar-refractivity contribution is 5.81. The van der Waals surface area contributed by atoms with E-state index in [9.17, 15) is 4.79 Å². The van der Waals surface area contributed by atoms with Crippen LogP contribution in [0.2, 0.25) is 0 Å². The van der Waals surface area contributed by atoms with Crippen molar-refractivity contribution in [3.63, 3.8) is 0 Å². The highest BCUT2D eigenvalue weighted by Gasteiger charge is 2.28. The summed E-state index contributed by atoms with van der Waals surface area (Å²) in [5.41, 5.74) is 4.37. The lowest BCUT2D eigenvalue weighted by Crippen LogP contribution is -2.45. The molecule has 1 atom stereocenters. The van der Waals surface area contributed by atoms with Crippen LogP contribution in [0.25, 0.3) is 11.1 Å². The summed E-state index contributed by atoms with van der Waals surface area (Å²) in [6.07, 6.45) is 0.560. The molecule has 0 saturated heterocycles. The topological polar surface area (TPSA) is 47.6 Å². The largest absolute Gasteiger partial charge is 0.489 e. The first kappa shape index (κ1) is 21.4. The van der Waals surface area contributed by atoms with Crippen LogP contribution in [-0.2, 0) is 16.0 Å². The van der Waals surface area contributed by atoms with Gasteiger partial charge in [0.15, 0.2) is 0 Å². The minimum atomic E-state index is -0.549. The van der Waals surface area contributed by atoms with Crippen molar-refractivity contribution < 1.29 is 14.3 Å². The number of hydrogen-bond acceptors (Lipinski definition) is 4. The summed E-state index contributed by atoms with van der Waals surface area (Å²) >= 11 is 0. The normalized spacial score (nSPS) is 14.1. The van der Waals surface area contributed by atoms with Crippen LogP contribution in [0, 0.1) is 5.41 Å². The van der Waals surface area contributed by atoms with Gasteiger partial charge < -0.3 is 14.8 Å². The Labute approximate surface area is 174 Å². The van der Waals surface area contributed by atoms with E-state index in [2.05, 4.69) is 56.4 Å². The van der Waals surface area contributed by atoms with Crippen LogP contribution >= 0.6 is 0 Å². The Morgan fingerprint density at radius 1 is 1.00 bits per heavy atom. The van der Waals surface area contributed by atoms with E-state index >= 15 is 0 Å². The fraction of sp³-hybridized carbons (Fsp3) is 0.480. The lowest BCUT2D eigenvalue weighted by Gasteiger charge is -2.28. The van der Waals surface area contributed by atoms with Crippen LogP contribution in [0.3, 0.4) is 0 Å². The first-order chi connectivity index (χ1) is 13.5. The van der Waals surface area contributed by atoms with Gasteiger partial charge in [-0.15, -0.1) is 0 Å². The van der Waals surface area contributed by atoms with Gasteiger partial charge in [0.05, 0.1) is 5.41 Å². The number of benzene rings is 2. The quantitative estimate of drug-likeness (QED) is 0.598. The standard InChI is InChI=1S/C25H33NO3/c1-24(2,3)23(27)29-19(15-26-25(4,5)6)16-28-21-13-9-11-18-14-17-10-7-8-12-20(17)22(18)21/h7-13,19,26H,14-16H2,1-6H3. The Hall–Kier alpha value is -2.33. The number of carbonyl (C=O) groups excluding carboxylic acids is 1. The maximum atomic E-state index is 12.5. The van der Waals surface area contributed by atoms with Crippen molar-refractivity contribution in [1.82, 2.24) is 5.32 Å². The molecule has 156 valence electrons. The molecule has 29 heavy (non-hydrogen) atoms. The van der Waals surface area contributed by atoms with Crippen molar-refractivity contribution in [2.45, 2.75) is 59.6 Å². The summed E-state index contributed by atoms with van der Waals surface area (Å²) in [5, 5.41) is 3.43. The molecule has 1 unspecified atom stereocenters. The number of nitrogens with one attached hydrogen (secondary N) is 1. The Kier molecular flexibility index (Phi) is 6.04. The van der Waals surface area contributed by atoms with E-state index in [0.717, 1.165) is 17.7 Å². The van der Waals surface area contributed by atoms with Crippen molar-refractivity contribution >= 4 is 5.97 Å². The number of fused-ring (bicyclic) bond motifs is 3. The third-order valence-corrected chi connectivity index (χ3v) is 4.95. The monoisotopic (exact) mass is 395 g/mol. The molecular formula is C25H33NO3. The first-order valence-electron chi connectivity index (χ1n) is 10.3. The summed E-state index contributed by atoms with van der Waals surface area (Å²) in [5.74, 6) is 0.630. The van der Waals surface area contributed by atoms with E-state index in [0.29, 0.717) is 13.2 Å². The zero-order valence-electron chi connectivity index (χ0n) is 18.5. The molecule has 2 aromatic rings. The third kappa shape index (κ3) is 5.39. The maximum Gasteiger partial charge on any atom is 0.311 e. The predicted octanol–water partition coefficient (Wildman–Crippen LogP) is 4.98. The summed E-state index contributed by atoms with van der Waals surface area (Å²) < 4.78 is 12.0. The second kappa shape index (κ2) is 8.19. The zero-order valence-corrected chi connectivity index (χ0v) is 18.5. The number of esters is 1. The summed E-state index contributed by atoms with van der Waals surface area (Å²) in [4.78, 5) is 12.5. The SMILES string of the molecule is CC(C)(C)NCC(COc1cccc2c1-c1ccccc1C2)OC(=O)C(C)(C)C. The van der Waals surface area contributed by atoms with Gasteiger partial charge in [0.1, 0.15) is 18.5 Å². The van der Waals surface area contributed by atoms with Crippen LogP contribution in [0.4, 0.5) is 0 Å². The lowest BCUT2D eigenvalue weighted by molar-refractivity contribution is -0.160. The first-order valence-corrected chi connectivity index (χ1v) is 10.3. The molecule has 0 radical (unpaired) electrons. The molecular weight excluding hydrogens is 362 g/mol. The maximum absolute atomic E-state index is 12.5. The van der Waals surface area contributed by atoms with E-state index in [4.69, 9.17) is 9.47 Å². The molecule has 3 rings (SSSR count). The Morgan fingerprint density at radius 2 is 1.69 bits per heavy atom. The molecule has 1 aliphatic rings. The number of rotatable bonds is 6. The Bertz CT molecular complexity index is 874. The second-order valence-electron chi connectivity index (χ2n) is 9.84. The highest BCUT2D eigenvalue weighted by atomic mass is 16.6. The van der Waals surface area contributed by atoms with Crippen molar-refractivity contribution in [1.29, 1.82) is 0 Å². The van der Waals surface area contributed by atoms with Crippen LogP contribution in [-0.4, -0.2) is 30.8 Å². The molecule has 0 heterocycles. The minimum Gasteiger partial charge on any atom is -0.489 e. The van der Waals surface area contributed by atoms with Crippen LogP contribution < -0.4 is 10.1 Å². The Morgan fingerprint density at radius 3 is 2.38 bits per heavy atom. The lowest BCUT2D eigenvalue weighted by atomic mass is 9.97. The van der Waals surface area contributed by atoms with E-state index in [1.54, 1.807) is 0 Å². The molecule has 0 amide bonds. The minimum absolute atomic E-state index is 0.0701. The molecule has 4 heteroatoms. The smallest absolute Gasteiger partial charge is 0.311 e. The molecule has 1 N–H and O–H groups in total. The van der Waals surface area contributed by atoms with Gasteiger partial charge in [0.25, 0.3) is 0 Å². The molecule has 4 nitrogen and oxygen atoms in total. The van der Waals surface area contributed by atoms with E-state index in [-0.39, 0.29) is 17.6 Å².